The Kier molecular flexibility index (Phi) is 3.91. The molecule has 0 saturated carbocycles. The average molecular weight is 209 g/mol. The van der Waals surface area contributed by atoms with E-state index in [2.05, 4.69) is 45.1 Å². The molecule has 0 radical (unpaired) electrons. The summed E-state index contributed by atoms with van der Waals surface area (Å²) >= 11 is 0. The fourth-order valence-corrected chi connectivity index (χ4v) is 1.73. The van der Waals surface area contributed by atoms with Crippen LogP contribution in [0, 0.1) is 5.41 Å². The number of hydrogen-bond donors (Lipinski definition) is 1. The van der Waals surface area contributed by atoms with E-state index in [1.165, 1.54) is 5.69 Å². The molecule has 1 rings (SSSR count). The minimum atomic E-state index is 0.255. The number of hydrogen-bond acceptors (Lipinski definition) is 2. The van der Waals surface area contributed by atoms with Crippen molar-refractivity contribution >= 4 is 0 Å². The molecule has 0 fully saturated rings. The predicted octanol–water partition coefficient (Wildman–Crippen LogP) is 2.38. The smallest absolute Gasteiger partial charge is 0.0630 e. The van der Waals surface area contributed by atoms with Crippen LogP contribution in [0.2, 0.25) is 0 Å². The van der Waals surface area contributed by atoms with Crippen LogP contribution in [0.3, 0.4) is 0 Å². The highest BCUT2D eigenvalue weighted by Crippen LogP contribution is 2.24. The Labute approximate surface area is 92.7 Å². The molecule has 0 amide bonds. The standard InChI is InChI=1S/C12H23N3/c1-10(2)15-8-5-11(14-15)9-12(3,4)6-7-13/h5,8,10H,6-7,9,13H2,1-4H3. The van der Waals surface area contributed by atoms with Crippen LogP contribution in [-0.4, -0.2) is 16.3 Å². The minimum absolute atomic E-state index is 0.255. The van der Waals surface area contributed by atoms with Crippen LogP contribution < -0.4 is 5.73 Å². The third-order valence-electron chi connectivity index (χ3n) is 2.67. The van der Waals surface area contributed by atoms with Gasteiger partial charge in [0.15, 0.2) is 0 Å². The number of rotatable bonds is 5. The van der Waals surface area contributed by atoms with Gasteiger partial charge in [-0.2, -0.15) is 5.10 Å². The highest BCUT2D eigenvalue weighted by atomic mass is 15.3. The third kappa shape index (κ3) is 3.67. The van der Waals surface area contributed by atoms with Crippen molar-refractivity contribution in [1.29, 1.82) is 0 Å². The van der Waals surface area contributed by atoms with E-state index in [1.807, 2.05) is 4.68 Å². The van der Waals surface area contributed by atoms with Crippen molar-refractivity contribution in [3.05, 3.63) is 18.0 Å². The SMILES string of the molecule is CC(C)n1ccc(CC(C)(C)CCN)n1. The Bertz CT molecular complexity index is 300. The van der Waals surface area contributed by atoms with Crippen molar-refractivity contribution in [3.63, 3.8) is 0 Å². The van der Waals surface area contributed by atoms with Crippen LogP contribution in [0.5, 0.6) is 0 Å². The second-order valence-electron chi connectivity index (χ2n) is 5.26. The van der Waals surface area contributed by atoms with Crippen molar-refractivity contribution < 1.29 is 0 Å². The lowest BCUT2D eigenvalue weighted by Crippen LogP contribution is -2.20. The van der Waals surface area contributed by atoms with Gasteiger partial charge in [-0.1, -0.05) is 13.8 Å². The molecule has 0 aromatic carbocycles. The number of nitrogens with two attached hydrogens (primary N) is 1. The molecule has 1 aromatic rings. The van der Waals surface area contributed by atoms with Crippen LogP contribution in [0.1, 0.15) is 45.9 Å². The van der Waals surface area contributed by atoms with Crippen molar-refractivity contribution in [2.24, 2.45) is 11.1 Å². The fraction of sp³-hybridized carbons (Fsp3) is 0.750. The molecular formula is C12H23N3. The Balaban J connectivity index is 2.64. The van der Waals surface area contributed by atoms with Crippen molar-refractivity contribution in [3.8, 4) is 0 Å². The van der Waals surface area contributed by atoms with Crippen molar-refractivity contribution in [1.82, 2.24) is 9.78 Å². The Morgan fingerprint density at radius 3 is 2.60 bits per heavy atom. The van der Waals surface area contributed by atoms with Crippen LogP contribution in [0.4, 0.5) is 0 Å². The van der Waals surface area contributed by atoms with Crippen LogP contribution >= 0.6 is 0 Å². The summed E-state index contributed by atoms with van der Waals surface area (Å²) in [5.41, 5.74) is 7.02. The van der Waals surface area contributed by atoms with Gasteiger partial charge in [0, 0.05) is 12.2 Å². The maximum Gasteiger partial charge on any atom is 0.0630 e. The summed E-state index contributed by atoms with van der Waals surface area (Å²) in [7, 11) is 0. The molecular weight excluding hydrogens is 186 g/mol. The fourth-order valence-electron chi connectivity index (χ4n) is 1.73. The molecule has 3 nitrogen and oxygen atoms in total. The van der Waals surface area contributed by atoms with Gasteiger partial charge < -0.3 is 5.73 Å². The Morgan fingerprint density at radius 2 is 2.13 bits per heavy atom. The number of nitrogens with zero attached hydrogens (tertiary/aromatic N) is 2. The third-order valence-corrected chi connectivity index (χ3v) is 2.67. The second kappa shape index (κ2) is 4.79. The Morgan fingerprint density at radius 1 is 1.47 bits per heavy atom. The van der Waals surface area contributed by atoms with E-state index in [9.17, 15) is 0 Å². The molecule has 0 aliphatic carbocycles. The highest BCUT2D eigenvalue weighted by Gasteiger charge is 2.18. The monoisotopic (exact) mass is 209 g/mol. The van der Waals surface area contributed by atoms with Gasteiger partial charge in [-0.05, 0) is 44.7 Å². The summed E-state index contributed by atoms with van der Waals surface area (Å²) < 4.78 is 2.01. The molecule has 0 spiro atoms. The number of aromatic nitrogens is 2. The van der Waals surface area contributed by atoms with Crippen LogP contribution in [0.25, 0.3) is 0 Å². The van der Waals surface area contributed by atoms with E-state index in [1.54, 1.807) is 0 Å². The first-order valence-corrected chi connectivity index (χ1v) is 5.69. The van der Waals surface area contributed by atoms with E-state index < -0.39 is 0 Å². The van der Waals surface area contributed by atoms with Crippen molar-refractivity contribution in [2.45, 2.75) is 46.6 Å². The van der Waals surface area contributed by atoms with Gasteiger partial charge in [-0.15, -0.1) is 0 Å². The first kappa shape index (κ1) is 12.2. The lowest BCUT2D eigenvalue weighted by atomic mass is 9.84. The topological polar surface area (TPSA) is 43.8 Å². The van der Waals surface area contributed by atoms with Gasteiger partial charge in [0.25, 0.3) is 0 Å². The summed E-state index contributed by atoms with van der Waals surface area (Å²) in [4.78, 5) is 0. The van der Waals surface area contributed by atoms with Gasteiger partial charge in [0.2, 0.25) is 0 Å². The summed E-state index contributed by atoms with van der Waals surface area (Å²) in [5.74, 6) is 0. The molecule has 0 unspecified atom stereocenters. The van der Waals surface area contributed by atoms with Gasteiger partial charge in [0.1, 0.15) is 0 Å². The first-order valence-electron chi connectivity index (χ1n) is 5.69. The molecule has 1 aromatic heterocycles. The normalized spacial score (nSPS) is 12.4. The molecule has 0 atom stereocenters. The maximum absolute atomic E-state index is 5.60. The predicted molar refractivity (Wildman–Crippen MR) is 63.8 cm³/mol. The molecule has 0 aliphatic heterocycles. The first-order chi connectivity index (χ1) is 6.94. The molecule has 2 N–H and O–H groups in total. The van der Waals surface area contributed by atoms with Crippen LogP contribution in [-0.2, 0) is 6.42 Å². The maximum atomic E-state index is 5.60. The summed E-state index contributed by atoms with van der Waals surface area (Å²) in [6.07, 6.45) is 4.10. The lowest BCUT2D eigenvalue weighted by Gasteiger charge is -2.22. The molecule has 86 valence electrons. The summed E-state index contributed by atoms with van der Waals surface area (Å²) in [5, 5.41) is 4.55. The van der Waals surface area contributed by atoms with Crippen LogP contribution in [0.15, 0.2) is 12.3 Å². The largest absolute Gasteiger partial charge is 0.330 e. The molecule has 15 heavy (non-hydrogen) atoms. The van der Waals surface area contributed by atoms with Gasteiger partial charge in [-0.3, -0.25) is 4.68 Å². The molecule has 3 heteroatoms. The van der Waals surface area contributed by atoms with Gasteiger partial charge in [0.05, 0.1) is 5.69 Å². The van der Waals surface area contributed by atoms with E-state index in [0.29, 0.717) is 6.04 Å². The summed E-state index contributed by atoms with van der Waals surface area (Å²) in [6.45, 7) is 9.52. The zero-order valence-electron chi connectivity index (χ0n) is 10.3. The zero-order valence-corrected chi connectivity index (χ0v) is 10.3. The van der Waals surface area contributed by atoms with Crippen molar-refractivity contribution in [2.75, 3.05) is 6.54 Å². The zero-order chi connectivity index (χ0) is 11.5. The van der Waals surface area contributed by atoms with E-state index in [0.717, 1.165) is 19.4 Å². The van der Waals surface area contributed by atoms with E-state index in [4.69, 9.17) is 5.73 Å². The average Bonchev–Trinajstić information content (AvgIpc) is 2.51. The summed E-state index contributed by atoms with van der Waals surface area (Å²) in [6, 6.07) is 2.55. The lowest BCUT2D eigenvalue weighted by molar-refractivity contribution is 0.333. The minimum Gasteiger partial charge on any atom is -0.330 e. The van der Waals surface area contributed by atoms with Gasteiger partial charge in [-0.25, -0.2) is 0 Å². The molecule has 0 saturated heterocycles. The van der Waals surface area contributed by atoms with Gasteiger partial charge >= 0.3 is 0 Å². The second-order valence-corrected chi connectivity index (χ2v) is 5.26. The molecule has 0 aliphatic rings. The Hall–Kier alpha value is -0.830. The molecule has 1 heterocycles. The highest BCUT2D eigenvalue weighted by molar-refractivity contribution is 5.02. The molecule has 0 bridgehead atoms. The quantitative estimate of drug-likeness (QED) is 0.809. The van der Waals surface area contributed by atoms with E-state index in [-0.39, 0.29) is 5.41 Å². The van der Waals surface area contributed by atoms with E-state index >= 15 is 0 Å².